The highest BCUT2D eigenvalue weighted by Gasteiger charge is 2.33. The number of carbonyl (C=O) groups excluding carboxylic acids is 3. The van der Waals surface area contributed by atoms with Crippen molar-refractivity contribution in [3.63, 3.8) is 0 Å². The Labute approximate surface area is 182 Å². The van der Waals surface area contributed by atoms with Crippen molar-refractivity contribution in [3.05, 3.63) is 47.5 Å². The lowest BCUT2D eigenvalue weighted by Crippen LogP contribution is -2.52. The van der Waals surface area contributed by atoms with Crippen molar-refractivity contribution in [2.75, 3.05) is 39.3 Å². The monoisotopic (exact) mass is 419 g/mol. The van der Waals surface area contributed by atoms with Gasteiger partial charge in [-0.1, -0.05) is 43.5 Å². The van der Waals surface area contributed by atoms with Gasteiger partial charge in [-0.05, 0) is 30.4 Å². The number of amides is 3. The predicted molar refractivity (Wildman–Crippen MR) is 119 cm³/mol. The topological polar surface area (TPSA) is 60.9 Å². The first kappa shape index (κ1) is 20.2. The minimum atomic E-state index is -0.208. The Morgan fingerprint density at radius 3 is 2.03 bits per heavy atom. The number of piperazine rings is 1. The average Bonchev–Trinajstić information content (AvgIpc) is 2.83. The molecule has 2 fully saturated rings. The molecule has 0 atom stereocenters. The highest BCUT2D eigenvalue weighted by atomic mass is 16.2. The summed E-state index contributed by atoms with van der Waals surface area (Å²) in [6, 6.07) is 11.2. The van der Waals surface area contributed by atoms with Crippen LogP contribution in [0.5, 0.6) is 0 Å². The zero-order valence-electron chi connectivity index (χ0n) is 17.9. The van der Waals surface area contributed by atoms with E-state index in [1.54, 1.807) is 0 Å². The molecule has 6 heteroatoms. The number of rotatable bonds is 4. The lowest BCUT2D eigenvalue weighted by atomic mass is 9.88. The molecule has 2 heterocycles. The number of hydrogen-bond acceptors (Lipinski definition) is 4. The quantitative estimate of drug-likeness (QED) is 0.715. The maximum atomic E-state index is 13.0. The molecule has 0 N–H and O–H groups in total. The third kappa shape index (κ3) is 3.74. The molecule has 1 aliphatic carbocycles. The second-order valence-electron chi connectivity index (χ2n) is 8.97. The lowest BCUT2D eigenvalue weighted by molar-refractivity contribution is -0.138. The van der Waals surface area contributed by atoms with Crippen molar-refractivity contribution in [1.29, 1.82) is 0 Å². The van der Waals surface area contributed by atoms with Crippen LogP contribution in [0.4, 0.5) is 0 Å². The molecular weight excluding hydrogens is 390 g/mol. The first-order valence-corrected chi connectivity index (χ1v) is 11.5. The van der Waals surface area contributed by atoms with Crippen LogP contribution < -0.4 is 0 Å². The first-order valence-electron chi connectivity index (χ1n) is 11.5. The summed E-state index contributed by atoms with van der Waals surface area (Å²) in [6.45, 7) is 4.07. The van der Waals surface area contributed by atoms with Crippen LogP contribution in [-0.4, -0.2) is 71.7 Å². The van der Waals surface area contributed by atoms with Crippen LogP contribution in [0.3, 0.4) is 0 Å². The fourth-order valence-corrected chi connectivity index (χ4v) is 5.32. The zero-order valence-corrected chi connectivity index (χ0v) is 17.9. The van der Waals surface area contributed by atoms with Gasteiger partial charge < -0.3 is 4.90 Å². The van der Waals surface area contributed by atoms with E-state index in [0.717, 1.165) is 49.8 Å². The Morgan fingerprint density at radius 2 is 1.42 bits per heavy atom. The second-order valence-corrected chi connectivity index (χ2v) is 8.97. The first-order chi connectivity index (χ1) is 15.1. The van der Waals surface area contributed by atoms with Crippen molar-refractivity contribution in [3.8, 4) is 0 Å². The van der Waals surface area contributed by atoms with E-state index >= 15 is 0 Å². The van der Waals surface area contributed by atoms with Gasteiger partial charge in [0.25, 0.3) is 11.8 Å². The Bertz CT molecular complexity index is 969. The van der Waals surface area contributed by atoms with Gasteiger partial charge in [0, 0.05) is 61.7 Å². The highest BCUT2D eigenvalue weighted by molar-refractivity contribution is 6.25. The molecule has 2 aliphatic heterocycles. The van der Waals surface area contributed by atoms with Gasteiger partial charge in [0.15, 0.2) is 0 Å². The van der Waals surface area contributed by atoms with Crippen molar-refractivity contribution >= 4 is 28.5 Å². The molecule has 5 rings (SSSR count). The third-order valence-electron chi connectivity index (χ3n) is 7.13. The molecule has 3 amide bonds. The fraction of sp³-hybridized carbons (Fsp3) is 0.480. The summed E-state index contributed by atoms with van der Waals surface area (Å²) in [7, 11) is 0. The normalized spacial score (nSPS) is 20.5. The van der Waals surface area contributed by atoms with Gasteiger partial charge in [-0.15, -0.1) is 0 Å². The molecule has 0 aromatic heterocycles. The fourth-order valence-electron chi connectivity index (χ4n) is 5.32. The molecule has 31 heavy (non-hydrogen) atoms. The van der Waals surface area contributed by atoms with E-state index in [1.807, 2.05) is 41.3 Å². The van der Waals surface area contributed by atoms with Crippen molar-refractivity contribution in [2.24, 2.45) is 5.92 Å². The zero-order chi connectivity index (χ0) is 21.4. The van der Waals surface area contributed by atoms with Crippen LogP contribution in [0.25, 0.3) is 10.8 Å². The van der Waals surface area contributed by atoms with E-state index in [1.165, 1.54) is 24.2 Å². The van der Waals surface area contributed by atoms with Crippen LogP contribution in [0, 0.1) is 5.92 Å². The molecule has 1 saturated heterocycles. The van der Waals surface area contributed by atoms with Crippen LogP contribution >= 0.6 is 0 Å². The maximum Gasteiger partial charge on any atom is 0.261 e. The van der Waals surface area contributed by atoms with E-state index < -0.39 is 0 Å². The number of benzene rings is 2. The Morgan fingerprint density at radius 1 is 0.806 bits per heavy atom. The van der Waals surface area contributed by atoms with E-state index in [4.69, 9.17) is 0 Å². The minimum absolute atomic E-state index is 0.208. The second kappa shape index (κ2) is 8.42. The molecule has 6 nitrogen and oxygen atoms in total. The van der Waals surface area contributed by atoms with Gasteiger partial charge >= 0.3 is 0 Å². The SMILES string of the molecule is O=C(C1CCCCC1)N1CCN(CCN2C(=O)c3cccc4cccc(c34)C2=O)CC1. The Hall–Kier alpha value is -2.73. The minimum Gasteiger partial charge on any atom is -0.340 e. The summed E-state index contributed by atoms with van der Waals surface area (Å²) in [4.78, 5) is 44.5. The molecule has 1 saturated carbocycles. The van der Waals surface area contributed by atoms with Crippen LogP contribution in [-0.2, 0) is 4.79 Å². The summed E-state index contributed by atoms with van der Waals surface area (Å²) in [5.74, 6) is 0.123. The van der Waals surface area contributed by atoms with Gasteiger partial charge in [-0.25, -0.2) is 0 Å². The molecule has 0 bridgehead atoms. The molecule has 162 valence electrons. The van der Waals surface area contributed by atoms with Crippen LogP contribution in [0.1, 0.15) is 52.8 Å². The van der Waals surface area contributed by atoms with Crippen molar-refractivity contribution in [2.45, 2.75) is 32.1 Å². The molecule has 2 aromatic carbocycles. The largest absolute Gasteiger partial charge is 0.340 e. The van der Waals surface area contributed by atoms with E-state index in [2.05, 4.69) is 4.90 Å². The summed E-state index contributed by atoms with van der Waals surface area (Å²) < 4.78 is 0. The predicted octanol–water partition coefficient (Wildman–Crippen LogP) is 3.16. The van der Waals surface area contributed by atoms with Crippen LogP contribution in [0.2, 0.25) is 0 Å². The van der Waals surface area contributed by atoms with E-state index in [0.29, 0.717) is 30.1 Å². The molecular formula is C25H29N3O3. The standard InChI is InChI=1S/C25H29N3O3/c29-23(19-6-2-1-3-7-19)27-15-12-26(13-16-27)14-17-28-24(30)20-10-4-8-18-9-5-11-21(22(18)20)25(28)31/h4-5,8-11,19H,1-3,6-7,12-17H2. The summed E-state index contributed by atoms with van der Waals surface area (Å²) in [5, 5.41) is 1.70. The van der Waals surface area contributed by atoms with Gasteiger partial charge in [-0.2, -0.15) is 0 Å². The maximum absolute atomic E-state index is 13.0. The van der Waals surface area contributed by atoms with E-state index in [9.17, 15) is 14.4 Å². The Kier molecular flexibility index (Phi) is 5.48. The summed E-state index contributed by atoms with van der Waals surface area (Å²) in [5.41, 5.74) is 1.21. The number of nitrogens with zero attached hydrogens (tertiary/aromatic N) is 3. The molecule has 2 aromatic rings. The van der Waals surface area contributed by atoms with Gasteiger partial charge in [0.1, 0.15) is 0 Å². The summed E-state index contributed by atoms with van der Waals surface area (Å²) >= 11 is 0. The molecule has 0 radical (unpaired) electrons. The van der Waals surface area contributed by atoms with Crippen molar-refractivity contribution < 1.29 is 14.4 Å². The Balaban J connectivity index is 1.20. The van der Waals surface area contributed by atoms with Gasteiger partial charge in [0.05, 0.1) is 0 Å². The molecule has 0 spiro atoms. The molecule has 0 unspecified atom stereocenters. The van der Waals surface area contributed by atoms with Gasteiger partial charge in [-0.3, -0.25) is 24.2 Å². The number of imide groups is 1. The highest BCUT2D eigenvalue weighted by Crippen LogP contribution is 2.30. The summed E-state index contributed by atoms with van der Waals surface area (Å²) in [6.07, 6.45) is 5.67. The average molecular weight is 420 g/mol. The lowest BCUT2D eigenvalue weighted by Gasteiger charge is -2.38. The van der Waals surface area contributed by atoms with E-state index in [-0.39, 0.29) is 17.7 Å². The smallest absolute Gasteiger partial charge is 0.261 e. The van der Waals surface area contributed by atoms with Crippen LogP contribution in [0.15, 0.2) is 36.4 Å². The molecule has 3 aliphatic rings. The third-order valence-corrected chi connectivity index (χ3v) is 7.13. The number of hydrogen-bond donors (Lipinski definition) is 0. The van der Waals surface area contributed by atoms with Gasteiger partial charge in [0.2, 0.25) is 5.91 Å². The van der Waals surface area contributed by atoms with Crippen molar-refractivity contribution in [1.82, 2.24) is 14.7 Å². The number of carbonyl (C=O) groups is 3.